The van der Waals surface area contributed by atoms with Crippen LogP contribution in [0.25, 0.3) is 0 Å². The molecule has 1 aliphatic heterocycles. The zero-order valence-electron chi connectivity index (χ0n) is 13.9. The third-order valence-corrected chi connectivity index (χ3v) is 6.57. The minimum atomic E-state index is -3.43. The Morgan fingerprint density at radius 3 is 2.75 bits per heavy atom. The number of amides is 1. The van der Waals surface area contributed by atoms with Gasteiger partial charge in [0.15, 0.2) is 0 Å². The highest BCUT2D eigenvalue weighted by Crippen LogP contribution is 2.38. The fourth-order valence-corrected chi connectivity index (χ4v) is 5.04. The van der Waals surface area contributed by atoms with Crippen LogP contribution in [0.2, 0.25) is 0 Å². The molecule has 0 bridgehead atoms. The number of carbonyl (C=O) groups excluding carboxylic acids is 1. The Kier molecular flexibility index (Phi) is 4.83. The molecule has 132 valence electrons. The van der Waals surface area contributed by atoms with Crippen LogP contribution in [-0.2, 0) is 10.0 Å². The molecule has 1 saturated heterocycles. The molecular weight excluding hydrogens is 326 g/mol. The SMILES string of the molecule is CCCS(=O)(=O)Nc1ccccc1C(=O)N1CC2CCC(N)C2C1. The predicted octanol–water partition coefficient (Wildman–Crippen LogP) is 1.65. The van der Waals surface area contributed by atoms with Crippen molar-refractivity contribution in [2.75, 3.05) is 23.6 Å². The van der Waals surface area contributed by atoms with E-state index >= 15 is 0 Å². The first-order valence-corrected chi connectivity index (χ1v) is 10.2. The summed E-state index contributed by atoms with van der Waals surface area (Å²) in [6, 6.07) is 6.98. The first kappa shape index (κ1) is 17.2. The number of nitrogens with one attached hydrogen (secondary N) is 1. The maximum atomic E-state index is 12.9. The lowest BCUT2D eigenvalue weighted by molar-refractivity contribution is 0.0780. The van der Waals surface area contributed by atoms with Gasteiger partial charge >= 0.3 is 0 Å². The van der Waals surface area contributed by atoms with Crippen molar-refractivity contribution in [3.8, 4) is 0 Å². The van der Waals surface area contributed by atoms with Crippen molar-refractivity contribution >= 4 is 21.6 Å². The Morgan fingerprint density at radius 1 is 1.29 bits per heavy atom. The number of likely N-dealkylation sites (tertiary alicyclic amines) is 1. The summed E-state index contributed by atoms with van der Waals surface area (Å²) in [6.07, 6.45) is 2.63. The van der Waals surface area contributed by atoms with Crippen LogP contribution in [0, 0.1) is 11.8 Å². The van der Waals surface area contributed by atoms with Gasteiger partial charge in [-0.2, -0.15) is 0 Å². The summed E-state index contributed by atoms with van der Waals surface area (Å²) >= 11 is 0. The second-order valence-corrected chi connectivity index (χ2v) is 8.68. The number of rotatable bonds is 5. The van der Waals surface area contributed by atoms with Crippen LogP contribution in [0.5, 0.6) is 0 Å². The smallest absolute Gasteiger partial charge is 0.256 e. The van der Waals surface area contributed by atoms with E-state index in [1.165, 1.54) is 0 Å². The Hall–Kier alpha value is -1.60. The Morgan fingerprint density at radius 2 is 2.04 bits per heavy atom. The number of carbonyl (C=O) groups is 1. The third kappa shape index (κ3) is 3.42. The van der Waals surface area contributed by atoms with E-state index in [1.54, 1.807) is 24.3 Å². The van der Waals surface area contributed by atoms with Gasteiger partial charge in [-0.1, -0.05) is 19.1 Å². The van der Waals surface area contributed by atoms with Crippen LogP contribution in [0.4, 0.5) is 5.69 Å². The standard InChI is InChI=1S/C17H25N3O3S/c1-2-9-24(22,23)19-16-6-4-3-5-13(16)17(21)20-10-12-7-8-15(18)14(12)11-20/h3-6,12,14-15,19H,2,7-11,18H2,1H3. The fraction of sp³-hybridized carbons (Fsp3) is 0.588. The van der Waals surface area contributed by atoms with Crippen molar-refractivity contribution in [1.82, 2.24) is 4.90 Å². The molecule has 3 rings (SSSR count). The van der Waals surface area contributed by atoms with Crippen molar-refractivity contribution in [2.45, 2.75) is 32.2 Å². The number of nitrogens with zero attached hydrogens (tertiary/aromatic N) is 1. The van der Waals surface area contributed by atoms with Crippen molar-refractivity contribution in [3.63, 3.8) is 0 Å². The molecule has 1 saturated carbocycles. The van der Waals surface area contributed by atoms with E-state index in [2.05, 4.69) is 4.72 Å². The van der Waals surface area contributed by atoms with Gasteiger partial charge in [0.25, 0.3) is 5.91 Å². The molecule has 1 aromatic carbocycles. The maximum Gasteiger partial charge on any atom is 0.256 e. The normalized spacial score (nSPS) is 26.4. The van der Waals surface area contributed by atoms with Gasteiger partial charge in [-0.25, -0.2) is 8.42 Å². The highest BCUT2D eigenvalue weighted by Gasteiger charge is 2.42. The summed E-state index contributed by atoms with van der Waals surface area (Å²) in [5, 5.41) is 0. The summed E-state index contributed by atoms with van der Waals surface area (Å²) in [5.74, 6) is 0.773. The number of para-hydroxylation sites is 1. The van der Waals surface area contributed by atoms with Gasteiger partial charge in [0, 0.05) is 19.1 Å². The highest BCUT2D eigenvalue weighted by molar-refractivity contribution is 7.92. The monoisotopic (exact) mass is 351 g/mol. The molecule has 0 aromatic heterocycles. The number of fused-ring (bicyclic) bond motifs is 1. The number of benzene rings is 1. The molecule has 24 heavy (non-hydrogen) atoms. The summed E-state index contributed by atoms with van der Waals surface area (Å²) in [7, 11) is -3.43. The predicted molar refractivity (Wildman–Crippen MR) is 94.2 cm³/mol. The maximum absolute atomic E-state index is 12.9. The van der Waals surface area contributed by atoms with Crippen LogP contribution in [0.15, 0.2) is 24.3 Å². The largest absolute Gasteiger partial charge is 0.338 e. The molecule has 7 heteroatoms. The van der Waals surface area contributed by atoms with Crippen LogP contribution < -0.4 is 10.5 Å². The molecule has 0 radical (unpaired) electrons. The van der Waals surface area contributed by atoms with Crippen molar-refractivity contribution in [2.24, 2.45) is 17.6 Å². The molecule has 3 unspecified atom stereocenters. The van der Waals surface area contributed by atoms with E-state index < -0.39 is 10.0 Å². The molecular formula is C17H25N3O3S. The van der Waals surface area contributed by atoms with E-state index in [9.17, 15) is 13.2 Å². The number of hydrogen-bond acceptors (Lipinski definition) is 4. The van der Waals surface area contributed by atoms with Crippen molar-refractivity contribution in [1.29, 1.82) is 0 Å². The third-order valence-electron chi connectivity index (χ3n) is 5.10. The minimum Gasteiger partial charge on any atom is -0.338 e. The first-order valence-electron chi connectivity index (χ1n) is 8.55. The van der Waals surface area contributed by atoms with E-state index in [0.717, 1.165) is 12.8 Å². The Bertz CT molecular complexity index is 720. The summed E-state index contributed by atoms with van der Waals surface area (Å²) in [5.41, 5.74) is 6.90. The number of hydrogen-bond donors (Lipinski definition) is 2. The molecule has 1 amide bonds. The quantitative estimate of drug-likeness (QED) is 0.843. The Labute approximate surface area is 143 Å². The van der Waals surface area contributed by atoms with E-state index in [0.29, 0.717) is 42.6 Å². The average Bonchev–Trinajstić information content (AvgIpc) is 3.09. The van der Waals surface area contributed by atoms with E-state index in [-0.39, 0.29) is 17.7 Å². The van der Waals surface area contributed by atoms with Gasteiger partial charge in [0.1, 0.15) is 0 Å². The van der Waals surface area contributed by atoms with Crippen LogP contribution in [0.1, 0.15) is 36.5 Å². The minimum absolute atomic E-state index is 0.0399. The molecule has 3 atom stereocenters. The number of anilines is 1. The lowest BCUT2D eigenvalue weighted by Crippen LogP contribution is -2.34. The summed E-state index contributed by atoms with van der Waals surface area (Å²) in [6.45, 7) is 3.19. The molecule has 2 fully saturated rings. The number of sulfonamides is 1. The molecule has 3 N–H and O–H groups in total. The zero-order valence-corrected chi connectivity index (χ0v) is 14.8. The van der Waals surface area contributed by atoms with Crippen LogP contribution >= 0.6 is 0 Å². The molecule has 1 aromatic rings. The Balaban J connectivity index is 1.79. The van der Waals surface area contributed by atoms with Gasteiger partial charge in [0.2, 0.25) is 10.0 Å². The van der Waals surface area contributed by atoms with Gasteiger partial charge in [-0.05, 0) is 43.2 Å². The second-order valence-electron chi connectivity index (χ2n) is 6.84. The summed E-state index contributed by atoms with van der Waals surface area (Å²) in [4.78, 5) is 14.7. The first-order chi connectivity index (χ1) is 11.4. The average molecular weight is 351 g/mol. The topological polar surface area (TPSA) is 92.5 Å². The molecule has 6 nitrogen and oxygen atoms in total. The second kappa shape index (κ2) is 6.72. The molecule has 1 heterocycles. The van der Waals surface area contributed by atoms with Gasteiger partial charge in [-0.15, -0.1) is 0 Å². The fourth-order valence-electron chi connectivity index (χ4n) is 3.89. The lowest BCUT2D eigenvalue weighted by Gasteiger charge is -2.20. The lowest BCUT2D eigenvalue weighted by atomic mass is 9.98. The summed E-state index contributed by atoms with van der Waals surface area (Å²) < 4.78 is 26.6. The van der Waals surface area contributed by atoms with Crippen molar-refractivity contribution in [3.05, 3.63) is 29.8 Å². The van der Waals surface area contributed by atoms with Crippen molar-refractivity contribution < 1.29 is 13.2 Å². The van der Waals surface area contributed by atoms with E-state index in [1.807, 2.05) is 11.8 Å². The molecule has 2 aliphatic rings. The van der Waals surface area contributed by atoms with Crippen LogP contribution in [0.3, 0.4) is 0 Å². The highest BCUT2D eigenvalue weighted by atomic mass is 32.2. The van der Waals surface area contributed by atoms with E-state index in [4.69, 9.17) is 5.73 Å². The molecule has 1 aliphatic carbocycles. The number of nitrogens with two attached hydrogens (primary N) is 1. The van der Waals surface area contributed by atoms with Gasteiger partial charge < -0.3 is 10.6 Å². The molecule has 0 spiro atoms. The zero-order chi connectivity index (χ0) is 17.3. The van der Waals surface area contributed by atoms with Gasteiger partial charge in [-0.3, -0.25) is 9.52 Å². The van der Waals surface area contributed by atoms with Crippen LogP contribution in [-0.4, -0.2) is 44.1 Å². The van der Waals surface area contributed by atoms with Gasteiger partial charge in [0.05, 0.1) is 17.0 Å².